The quantitative estimate of drug-likeness (QED) is 0.832. The van der Waals surface area contributed by atoms with Crippen molar-refractivity contribution in [2.75, 3.05) is 19.6 Å². The number of piperidine rings is 1. The van der Waals surface area contributed by atoms with Crippen molar-refractivity contribution in [1.29, 1.82) is 0 Å². The van der Waals surface area contributed by atoms with Crippen LogP contribution in [0.25, 0.3) is 0 Å². The molecule has 0 saturated carbocycles. The summed E-state index contributed by atoms with van der Waals surface area (Å²) in [6.45, 7) is 2.28. The van der Waals surface area contributed by atoms with E-state index in [1.807, 2.05) is 30.3 Å². The van der Waals surface area contributed by atoms with Gasteiger partial charge in [-0.3, -0.25) is 4.79 Å². The second-order valence-electron chi connectivity index (χ2n) is 4.90. The second kappa shape index (κ2) is 5.98. The fourth-order valence-electron chi connectivity index (χ4n) is 2.43. The third-order valence-electron chi connectivity index (χ3n) is 3.61. The molecule has 4 nitrogen and oxygen atoms in total. The van der Waals surface area contributed by atoms with Gasteiger partial charge in [-0.1, -0.05) is 30.3 Å². The van der Waals surface area contributed by atoms with E-state index in [2.05, 4.69) is 4.90 Å². The number of nitrogens with zero attached hydrogens (tertiary/aromatic N) is 1. The van der Waals surface area contributed by atoms with Gasteiger partial charge in [-0.05, 0) is 31.5 Å². The highest BCUT2D eigenvalue weighted by molar-refractivity contribution is 5.76. The molecule has 98 valence electrons. The SMILES string of the molecule is NC(=O)C1CCN(C[C@H](O)c2ccccc2)CC1. The maximum absolute atomic E-state index is 11.1. The smallest absolute Gasteiger partial charge is 0.220 e. The van der Waals surface area contributed by atoms with Crippen LogP contribution in [0.2, 0.25) is 0 Å². The maximum Gasteiger partial charge on any atom is 0.220 e. The van der Waals surface area contributed by atoms with Gasteiger partial charge in [0.25, 0.3) is 0 Å². The summed E-state index contributed by atoms with van der Waals surface area (Å²) in [6.07, 6.45) is 1.14. The van der Waals surface area contributed by atoms with Gasteiger partial charge in [-0.2, -0.15) is 0 Å². The van der Waals surface area contributed by atoms with Crippen LogP contribution < -0.4 is 5.73 Å². The Balaban J connectivity index is 1.83. The van der Waals surface area contributed by atoms with E-state index in [1.54, 1.807) is 0 Å². The summed E-state index contributed by atoms with van der Waals surface area (Å²) in [5.41, 5.74) is 6.24. The van der Waals surface area contributed by atoms with Crippen LogP contribution in [0.15, 0.2) is 30.3 Å². The van der Waals surface area contributed by atoms with Crippen molar-refractivity contribution in [1.82, 2.24) is 4.90 Å². The number of aliphatic hydroxyl groups excluding tert-OH is 1. The van der Waals surface area contributed by atoms with E-state index in [1.165, 1.54) is 0 Å². The van der Waals surface area contributed by atoms with E-state index < -0.39 is 6.10 Å². The molecule has 2 rings (SSSR count). The van der Waals surface area contributed by atoms with Crippen LogP contribution >= 0.6 is 0 Å². The normalized spacial score (nSPS) is 19.6. The minimum atomic E-state index is -0.462. The van der Waals surface area contributed by atoms with Crippen LogP contribution in [0, 0.1) is 5.92 Å². The van der Waals surface area contributed by atoms with E-state index >= 15 is 0 Å². The molecule has 1 aliphatic rings. The molecule has 18 heavy (non-hydrogen) atoms. The lowest BCUT2D eigenvalue weighted by atomic mass is 9.96. The van der Waals surface area contributed by atoms with E-state index in [-0.39, 0.29) is 11.8 Å². The molecule has 4 heteroatoms. The Labute approximate surface area is 107 Å². The number of amides is 1. The molecule has 0 aromatic heterocycles. The molecule has 0 radical (unpaired) electrons. The number of hydrogen-bond acceptors (Lipinski definition) is 3. The molecule has 0 spiro atoms. The first kappa shape index (κ1) is 13.1. The van der Waals surface area contributed by atoms with Gasteiger partial charge in [0.1, 0.15) is 0 Å². The molecule has 0 aliphatic carbocycles. The van der Waals surface area contributed by atoms with Crippen LogP contribution in [-0.4, -0.2) is 35.5 Å². The van der Waals surface area contributed by atoms with Crippen molar-refractivity contribution in [2.24, 2.45) is 11.7 Å². The van der Waals surface area contributed by atoms with Gasteiger partial charge in [-0.15, -0.1) is 0 Å². The van der Waals surface area contributed by atoms with Crippen molar-refractivity contribution in [3.63, 3.8) is 0 Å². The summed E-state index contributed by atoms with van der Waals surface area (Å²) in [5.74, 6) is -0.187. The van der Waals surface area contributed by atoms with Crippen molar-refractivity contribution in [2.45, 2.75) is 18.9 Å². The zero-order valence-electron chi connectivity index (χ0n) is 10.5. The third-order valence-corrected chi connectivity index (χ3v) is 3.61. The average Bonchev–Trinajstić information content (AvgIpc) is 2.40. The van der Waals surface area contributed by atoms with E-state index in [4.69, 9.17) is 5.73 Å². The van der Waals surface area contributed by atoms with Crippen LogP contribution in [0.3, 0.4) is 0 Å². The van der Waals surface area contributed by atoms with E-state index in [0.29, 0.717) is 6.54 Å². The Kier molecular flexibility index (Phi) is 4.33. The molecule has 0 bridgehead atoms. The molecule has 1 heterocycles. The topological polar surface area (TPSA) is 66.6 Å². The van der Waals surface area contributed by atoms with E-state index in [0.717, 1.165) is 31.5 Å². The van der Waals surface area contributed by atoms with Gasteiger partial charge in [0.2, 0.25) is 5.91 Å². The number of hydrogen-bond donors (Lipinski definition) is 2. The predicted molar refractivity (Wildman–Crippen MR) is 69.8 cm³/mol. The number of rotatable bonds is 4. The molecule has 1 aliphatic heterocycles. The number of carbonyl (C=O) groups is 1. The number of β-amino-alcohol motifs (C(OH)–C–C–N with tert-alkyl or cyclic N) is 1. The molecule has 1 fully saturated rings. The van der Waals surface area contributed by atoms with Crippen LogP contribution in [0.1, 0.15) is 24.5 Å². The van der Waals surface area contributed by atoms with Crippen molar-refractivity contribution in [3.8, 4) is 0 Å². The summed E-state index contributed by atoms with van der Waals surface area (Å²) in [5, 5.41) is 10.1. The first-order valence-electron chi connectivity index (χ1n) is 6.41. The fourth-order valence-corrected chi connectivity index (χ4v) is 2.43. The largest absolute Gasteiger partial charge is 0.387 e. The van der Waals surface area contributed by atoms with Gasteiger partial charge >= 0.3 is 0 Å². The van der Waals surface area contributed by atoms with Crippen LogP contribution in [-0.2, 0) is 4.79 Å². The Morgan fingerprint density at radius 2 is 1.94 bits per heavy atom. The highest BCUT2D eigenvalue weighted by atomic mass is 16.3. The molecule has 1 aromatic carbocycles. The molecule has 1 aromatic rings. The third kappa shape index (κ3) is 3.31. The summed E-state index contributed by atoms with van der Waals surface area (Å²) in [7, 11) is 0. The molecule has 1 atom stereocenters. The zero-order valence-corrected chi connectivity index (χ0v) is 10.5. The molecule has 0 unspecified atom stereocenters. The lowest BCUT2D eigenvalue weighted by Gasteiger charge is -2.31. The van der Waals surface area contributed by atoms with E-state index in [9.17, 15) is 9.90 Å². The first-order valence-corrected chi connectivity index (χ1v) is 6.41. The second-order valence-corrected chi connectivity index (χ2v) is 4.90. The Morgan fingerprint density at radius 3 is 2.50 bits per heavy atom. The fraction of sp³-hybridized carbons (Fsp3) is 0.500. The predicted octanol–water partition coefficient (Wildman–Crippen LogP) is 0.917. The van der Waals surface area contributed by atoms with Gasteiger partial charge in [0.15, 0.2) is 0 Å². The summed E-state index contributed by atoms with van der Waals surface area (Å²) in [4.78, 5) is 13.3. The number of aliphatic hydroxyl groups is 1. The standard InChI is InChI=1S/C14H20N2O2/c15-14(18)12-6-8-16(9-7-12)10-13(17)11-4-2-1-3-5-11/h1-5,12-13,17H,6-10H2,(H2,15,18)/t13-/m0/s1. The molecule has 3 N–H and O–H groups in total. The maximum atomic E-state index is 11.1. The minimum absolute atomic E-state index is 0.00937. The van der Waals surface area contributed by atoms with Crippen molar-refractivity contribution >= 4 is 5.91 Å². The summed E-state index contributed by atoms with van der Waals surface area (Å²) >= 11 is 0. The number of benzene rings is 1. The molecule has 1 saturated heterocycles. The van der Waals surface area contributed by atoms with Gasteiger partial charge < -0.3 is 15.7 Å². The summed E-state index contributed by atoms with van der Waals surface area (Å²) < 4.78 is 0. The highest BCUT2D eigenvalue weighted by Gasteiger charge is 2.24. The Morgan fingerprint density at radius 1 is 1.33 bits per heavy atom. The lowest BCUT2D eigenvalue weighted by molar-refractivity contribution is -0.123. The highest BCUT2D eigenvalue weighted by Crippen LogP contribution is 2.20. The minimum Gasteiger partial charge on any atom is -0.387 e. The monoisotopic (exact) mass is 248 g/mol. The zero-order chi connectivity index (χ0) is 13.0. The van der Waals surface area contributed by atoms with Crippen LogP contribution in [0.4, 0.5) is 0 Å². The van der Waals surface area contributed by atoms with Crippen molar-refractivity contribution in [3.05, 3.63) is 35.9 Å². The van der Waals surface area contributed by atoms with Gasteiger partial charge in [0, 0.05) is 12.5 Å². The first-order chi connectivity index (χ1) is 8.66. The van der Waals surface area contributed by atoms with Crippen molar-refractivity contribution < 1.29 is 9.90 Å². The lowest BCUT2D eigenvalue weighted by Crippen LogP contribution is -2.40. The number of primary amides is 1. The van der Waals surface area contributed by atoms with Crippen LogP contribution in [0.5, 0.6) is 0 Å². The average molecular weight is 248 g/mol. The van der Waals surface area contributed by atoms with Gasteiger partial charge in [0.05, 0.1) is 6.10 Å². The number of carbonyl (C=O) groups excluding carboxylic acids is 1. The molecular weight excluding hydrogens is 228 g/mol. The number of nitrogens with two attached hydrogens (primary N) is 1. The Hall–Kier alpha value is -1.39. The Bertz CT molecular complexity index is 386. The summed E-state index contributed by atoms with van der Waals surface area (Å²) in [6, 6.07) is 9.66. The van der Waals surface area contributed by atoms with Gasteiger partial charge in [-0.25, -0.2) is 0 Å². The number of likely N-dealkylation sites (tertiary alicyclic amines) is 1. The molecule has 1 amide bonds. The molecular formula is C14H20N2O2.